The second-order valence-corrected chi connectivity index (χ2v) is 6.21. The lowest BCUT2D eigenvalue weighted by atomic mass is 9.74. The van der Waals surface area contributed by atoms with Gasteiger partial charge in [-0.15, -0.1) is 0 Å². The van der Waals surface area contributed by atoms with Crippen molar-refractivity contribution in [2.75, 3.05) is 32.8 Å². The monoisotopic (exact) mass is 284 g/mol. The molecule has 6 nitrogen and oxygen atoms in total. The number of hydrogen-bond donors (Lipinski definition) is 2. The number of rotatable bonds is 3. The van der Waals surface area contributed by atoms with E-state index in [1.807, 2.05) is 0 Å². The second-order valence-electron chi connectivity index (χ2n) is 6.21. The summed E-state index contributed by atoms with van der Waals surface area (Å²) in [7, 11) is 0. The summed E-state index contributed by atoms with van der Waals surface area (Å²) < 4.78 is 5.49. The Labute approximate surface area is 119 Å². The van der Waals surface area contributed by atoms with Crippen LogP contribution in [-0.2, 0) is 14.3 Å². The molecule has 0 radical (unpaired) electrons. The Morgan fingerprint density at radius 2 is 2.15 bits per heavy atom. The summed E-state index contributed by atoms with van der Waals surface area (Å²) in [5.41, 5.74) is -0.801. The highest BCUT2D eigenvalue weighted by atomic mass is 16.5. The molecule has 0 aromatic carbocycles. The van der Waals surface area contributed by atoms with E-state index in [9.17, 15) is 14.7 Å². The van der Waals surface area contributed by atoms with Crippen LogP contribution in [0, 0.1) is 11.3 Å². The van der Waals surface area contributed by atoms with Gasteiger partial charge in [0.15, 0.2) is 0 Å². The van der Waals surface area contributed by atoms with Crippen LogP contribution in [0.3, 0.4) is 0 Å². The fourth-order valence-corrected chi connectivity index (χ4v) is 2.87. The van der Waals surface area contributed by atoms with Crippen LogP contribution >= 0.6 is 0 Å². The van der Waals surface area contributed by atoms with Crippen molar-refractivity contribution < 1.29 is 19.4 Å². The normalized spacial score (nSPS) is 28.2. The summed E-state index contributed by atoms with van der Waals surface area (Å²) >= 11 is 0. The Bertz CT molecular complexity index is 377. The number of carboxylic acid groups (broad SMARTS) is 1. The molecule has 2 unspecified atom stereocenters. The first-order chi connectivity index (χ1) is 9.43. The van der Waals surface area contributed by atoms with Gasteiger partial charge in [0.1, 0.15) is 6.10 Å². The van der Waals surface area contributed by atoms with Gasteiger partial charge in [0.05, 0.1) is 12.0 Å². The number of nitrogens with zero attached hydrogens (tertiary/aromatic N) is 1. The van der Waals surface area contributed by atoms with E-state index in [4.69, 9.17) is 4.74 Å². The van der Waals surface area contributed by atoms with Crippen molar-refractivity contribution >= 4 is 11.9 Å². The fourth-order valence-electron chi connectivity index (χ4n) is 2.87. The molecular formula is C14H24N2O4. The predicted octanol–water partition coefficient (Wildman–Crippen LogP) is 0.324. The molecule has 2 N–H and O–H groups in total. The first kappa shape index (κ1) is 15.3. The molecule has 0 aromatic heterocycles. The number of nitrogens with one attached hydrogen (secondary N) is 1. The van der Waals surface area contributed by atoms with Crippen LogP contribution in [0.1, 0.15) is 26.7 Å². The Balaban J connectivity index is 1.99. The topological polar surface area (TPSA) is 78.9 Å². The maximum absolute atomic E-state index is 12.4. The van der Waals surface area contributed by atoms with Gasteiger partial charge >= 0.3 is 5.97 Å². The summed E-state index contributed by atoms with van der Waals surface area (Å²) in [6.45, 7) is 6.57. The summed E-state index contributed by atoms with van der Waals surface area (Å²) in [6.07, 6.45) is 1.29. The highest BCUT2D eigenvalue weighted by Crippen LogP contribution is 2.34. The first-order valence-electron chi connectivity index (χ1n) is 7.27. The van der Waals surface area contributed by atoms with E-state index in [1.165, 1.54) is 0 Å². The summed E-state index contributed by atoms with van der Waals surface area (Å²) in [6, 6.07) is 0. The minimum absolute atomic E-state index is 0.00532. The number of morpholine rings is 1. The molecule has 2 rings (SSSR count). The van der Waals surface area contributed by atoms with Gasteiger partial charge in [0.25, 0.3) is 5.91 Å². The van der Waals surface area contributed by atoms with Crippen LogP contribution in [0.4, 0.5) is 0 Å². The molecule has 0 spiro atoms. The van der Waals surface area contributed by atoms with E-state index in [0.29, 0.717) is 26.2 Å². The third-order valence-electron chi connectivity index (χ3n) is 4.51. The van der Waals surface area contributed by atoms with Crippen LogP contribution in [0.15, 0.2) is 0 Å². The largest absolute Gasteiger partial charge is 0.481 e. The molecule has 20 heavy (non-hydrogen) atoms. The van der Waals surface area contributed by atoms with Gasteiger partial charge in [-0.25, -0.2) is 0 Å². The molecular weight excluding hydrogens is 260 g/mol. The van der Waals surface area contributed by atoms with E-state index >= 15 is 0 Å². The van der Waals surface area contributed by atoms with Crippen LogP contribution in [0.25, 0.3) is 0 Å². The molecule has 114 valence electrons. The van der Waals surface area contributed by atoms with Gasteiger partial charge in [-0.05, 0) is 32.6 Å². The van der Waals surface area contributed by atoms with Gasteiger partial charge < -0.3 is 20.1 Å². The van der Waals surface area contributed by atoms with Crippen LogP contribution in [-0.4, -0.2) is 60.8 Å². The van der Waals surface area contributed by atoms with Gasteiger partial charge in [0.2, 0.25) is 0 Å². The van der Waals surface area contributed by atoms with Crippen molar-refractivity contribution in [3.05, 3.63) is 0 Å². The maximum atomic E-state index is 12.4. The van der Waals surface area contributed by atoms with Gasteiger partial charge in [-0.1, -0.05) is 0 Å². The third kappa shape index (κ3) is 3.12. The predicted molar refractivity (Wildman–Crippen MR) is 73.3 cm³/mol. The van der Waals surface area contributed by atoms with Crippen molar-refractivity contribution in [3.8, 4) is 0 Å². The number of likely N-dealkylation sites (tertiary alicyclic amines) is 1. The van der Waals surface area contributed by atoms with E-state index in [-0.39, 0.29) is 11.8 Å². The SMILES string of the molecule is CC(C)(C(=O)O)C1CCCN(C(=O)C2CNCCO2)C1. The van der Waals surface area contributed by atoms with E-state index in [0.717, 1.165) is 19.4 Å². The fraction of sp³-hybridized carbons (Fsp3) is 0.857. The molecule has 2 aliphatic rings. The zero-order chi connectivity index (χ0) is 14.8. The Morgan fingerprint density at radius 3 is 2.75 bits per heavy atom. The molecule has 0 bridgehead atoms. The minimum Gasteiger partial charge on any atom is -0.481 e. The third-order valence-corrected chi connectivity index (χ3v) is 4.51. The van der Waals surface area contributed by atoms with Crippen LogP contribution in [0.5, 0.6) is 0 Å². The smallest absolute Gasteiger partial charge is 0.309 e. The van der Waals surface area contributed by atoms with Gasteiger partial charge in [-0.2, -0.15) is 0 Å². The lowest BCUT2D eigenvalue weighted by Crippen LogP contribution is -2.53. The number of aliphatic carboxylic acids is 1. The highest BCUT2D eigenvalue weighted by Gasteiger charge is 2.41. The molecule has 2 aliphatic heterocycles. The zero-order valence-corrected chi connectivity index (χ0v) is 12.2. The molecule has 0 aliphatic carbocycles. The first-order valence-corrected chi connectivity index (χ1v) is 7.27. The Morgan fingerprint density at radius 1 is 1.40 bits per heavy atom. The summed E-state index contributed by atoms with van der Waals surface area (Å²) in [5.74, 6) is -0.815. The number of carbonyl (C=O) groups excluding carboxylic acids is 1. The van der Waals surface area contributed by atoms with E-state index in [2.05, 4.69) is 5.32 Å². The molecule has 6 heteroatoms. The molecule has 0 aromatic rings. The number of ether oxygens (including phenoxy) is 1. The van der Waals surface area contributed by atoms with Gasteiger partial charge in [0, 0.05) is 26.2 Å². The van der Waals surface area contributed by atoms with Crippen LogP contribution in [0.2, 0.25) is 0 Å². The Kier molecular flexibility index (Phi) is 4.65. The standard InChI is InChI=1S/C14H24N2O4/c1-14(2,13(18)19)10-4-3-6-16(9-10)12(17)11-8-15-5-7-20-11/h10-11,15H,3-9H2,1-2H3,(H,18,19). The summed E-state index contributed by atoms with van der Waals surface area (Å²) in [5, 5.41) is 12.5. The quantitative estimate of drug-likeness (QED) is 0.780. The molecule has 2 saturated heterocycles. The number of carbonyl (C=O) groups is 2. The van der Waals surface area contributed by atoms with E-state index in [1.54, 1.807) is 18.7 Å². The Hall–Kier alpha value is -1.14. The second kappa shape index (κ2) is 6.10. The molecule has 2 heterocycles. The lowest BCUT2D eigenvalue weighted by molar-refractivity contribution is -0.156. The van der Waals surface area contributed by atoms with Crippen LogP contribution < -0.4 is 5.32 Å². The number of carboxylic acids is 1. The highest BCUT2D eigenvalue weighted by molar-refractivity contribution is 5.81. The number of piperidine rings is 1. The van der Waals surface area contributed by atoms with E-state index < -0.39 is 17.5 Å². The molecule has 1 amide bonds. The summed E-state index contributed by atoms with van der Waals surface area (Å²) in [4.78, 5) is 25.5. The average Bonchev–Trinajstić information content (AvgIpc) is 2.47. The van der Waals surface area contributed by atoms with Crippen molar-refractivity contribution in [2.45, 2.75) is 32.8 Å². The lowest BCUT2D eigenvalue weighted by Gasteiger charge is -2.40. The van der Waals surface area contributed by atoms with Crippen molar-refractivity contribution in [3.63, 3.8) is 0 Å². The molecule has 0 saturated carbocycles. The average molecular weight is 284 g/mol. The van der Waals surface area contributed by atoms with Crippen molar-refractivity contribution in [1.29, 1.82) is 0 Å². The van der Waals surface area contributed by atoms with Crippen molar-refractivity contribution in [2.24, 2.45) is 11.3 Å². The zero-order valence-electron chi connectivity index (χ0n) is 12.2. The maximum Gasteiger partial charge on any atom is 0.309 e. The molecule has 2 atom stereocenters. The number of amides is 1. The number of hydrogen-bond acceptors (Lipinski definition) is 4. The minimum atomic E-state index is -0.801. The molecule has 2 fully saturated rings. The van der Waals surface area contributed by atoms with Crippen molar-refractivity contribution in [1.82, 2.24) is 10.2 Å². The van der Waals surface area contributed by atoms with Gasteiger partial charge in [-0.3, -0.25) is 9.59 Å².